The van der Waals surface area contributed by atoms with Crippen molar-refractivity contribution >= 4 is 21.4 Å². The van der Waals surface area contributed by atoms with Gasteiger partial charge < -0.3 is 5.32 Å². The predicted molar refractivity (Wildman–Crippen MR) is 66.0 cm³/mol. The van der Waals surface area contributed by atoms with Gasteiger partial charge in [-0.15, -0.1) is 11.3 Å². The van der Waals surface area contributed by atoms with Gasteiger partial charge in [-0.1, -0.05) is 6.92 Å². The van der Waals surface area contributed by atoms with Crippen molar-refractivity contribution in [2.45, 2.75) is 20.4 Å². The number of aromatic nitrogens is 1. The van der Waals surface area contributed by atoms with Crippen molar-refractivity contribution in [3.8, 4) is 0 Å². The van der Waals surface area contributed by atoms with Gasteiger partial charge in [-0.25, -0.2) is 18.1 Å². The third-order valence-corrected chi connectivity index (χ3v) is 4.29. The highest BCUT2D eigenvalue weighted by Gasteiger charge is 2.07. The normalized spacial score (nSPS) is 11.9. The van der Waals surface area contributed by atoms with E-state index in [0.29, 0.717) is 19.6 Å². The fourth-order valence-electron chi connectivity index (χ4n) is 1.18. The lowest BCUT2D eigenvalue weighted by molar-refractivity contribution is 0.578. The van der Waals surface area contributed by atoms with Crippen LogP contribution in [-0.4, -0.2) is 32.2 Å². The van der Waals surface area contributed by atoms with Gasteiger partial charge in [0.15, 0.2) is 0 Å². The lowest BCUT2D eigenvalue weighted by atomic mass is 10.5. The van der Waals surface area contributed by atoms with Gasteiger partial charge in [-0.3, -0.25) is 0 Å². The number of hydrogen-bond donors (Lipinski definition) is 2. The fraction of sp³-hybridized carbons (Fsp3) is 0.667. The first-order valence-corrected chi connectivity index (χ1v) is 7.66. The van der Waals surface area contributed by atoms with Crippen molar-refractivity contribution in [3.63, 3.8) is 0 Å². The van der Waals surface area contributed by atoms with E-state index in [2.05, 4.69) is 15.0 Å². The van der Waals surface area contributed by atoms with Crippen LogP contribution in [0.4, 0.5) is 0 Å². The van der Waals surface area contributed by atoms with Gasteiger partial charge in [0, 0.05) is 30.7 Å². The average Bonchev–Trinajstić information content (AvgIpc) is 2.59. The molecule has 0 saturated carbocycles. The summed E-state index contributed by atoms with van der Waals surface area (Å²) in [5, 5.41) is 6.02. The highest BCUT2D eigenvalue weighted by Crippen LogP contribution is 2.07. The van der Waals surface area contributed by atoms with Crippen LogP contribution in [-0.2, 0) is 16.6 Å². The first-order valence-electron chi connectivity index (χ1n) is 5.12. The molecule has 0 saturated heterocycles. The molecule has 1 aromatic rings. The molecule has 0 aromatic carbocycles. The Balaban J connectivity index is 2.22. The molecule has 1 aromatic heterocycles. The van der Waals surface area contributed by atoms with E-state index in [1.165, 1.54) is 0 Å². The van der Waals surface area contributed by atoms with Crippen LogP contribution in [0.25, 0.3) is 0 Å². The van der Waals surface area contributed by atoms with Crippen LogP contribution in [0.15, 0.2) is 5.38 Å². The third kappa shape index (κ3) is 5.02. The van der Waals surface area contributed by atoms with Crippen LogP contribution in [0.2, 0.25) is 0 Å². The molecule has 0 aliphatic carbocycles. The minimum absolute atomic E-state index is 0.102. The van der Waals surface area contributed by atoms with Gasteiger partial charge >= 0.3 is 0 Å². The molecule has 16 heavy (non-hydrogen) atoms. The van der Waals surface area contributed by atoms with E-state index in [0.717, 1.165) is 10.7 Å². The summed E-state index contributed by atoms with van der Waals surface area (Å²) in [6, 6.07) is 0. The standard InChI is InChI=1S/C9H17N3O2S2/c1-3-11-16(13,14)5-4-10-6-9-12-8(2)7-15-9/h7,10-11H,3-6H2,1-2H3. The molecule has 0 bridgehead atoms. The molecule has 0 fully saturated rings. The summed E-state index contributed by atoms with van der Waals surface area (Å²) in [4.78, 5) is 4.27. The number of sulfonamides is 1. The summed E-state index contributed by atoms with van der Waals surface area (Å²) in [6.45, 7) is 5.21. The Morgan fingerprint density at radius 1 is 1.50 bits per heavy atom. The number of aryl methyl sites for hydroxylation is 1. The van der Waals surface area contributed by atoms with Crippen molar-refractivity contribution in [1.82, 2.24) is 15.0 Å². The van der Waals surface area contributed by atoms with Gasteiger partial charge in [0.05, 0.1) is 5.75 Å². The lowest BCUT2D eigenvalue weighted by Crippen LogP contribution is -2.31. The second-order valence-electron chi connectivity index (χ2n) is 3.38. The van der Waals surface area contributed by atoms with E-state index in [1.54, 1.807) is 18.3 Å². The van der Waals surface area contributed by atoms with E-state index >= 15 is 0 Å². The number of nitrogens with one attached hydrogen (secondary N) is 2. The largest absolute Gasteiger partial charge is 0.309 e. The summed E-state index contributed by atoms with van der Waals surface area (Å²) in [7, 11) is -3.11. The molecule has 1 rings (SSSR count). The quantitative estimate of drug-likeness (QED) is 0.702. The molecule has 2 N–H and O–H groups in total. The Morgan fingerprint density at radius 3 is 2.81 bits per heavy atom. The molecule has 0 atom stereocenters. The third-order valence-electron chi connectivity index (χ3n) is 1.85. The van der Waals surface area contributed by atoms with Crippen molar-refractivity contribution < 1.29 is 8.42 Å². The van der Waals surface area contributed by atoms with E-state index < -0.39 is 10.0 Å². The highest BCUT2D eigenvalue weighted by atomic mass is 32.2. The zero-order chi connectivity index (χ0) is 12.0. The minimum atomic E-state index is -3.11. The average molecular weight is 263 g/mol. The lowest BCUT2D eigenvalue weighted by Gasteiger charge is -2.04. The van der Waals surface area contributed by atoms with Gasteiger partial charge in [-0.05, 0) is 6.92 Å². The Morgan fingerprint density at radius 2 is 2.25 bits per heavy atom. The number of rotatable bonds is 7. The zero-order valence-corrected chi connectivity index (χ0v) is 11.1. The van der Waals surface area contributed by atoms with E-state index in [9.17, 15) is 8.42 Å². The molecule has 7 heteroatoms. The van der Waals surface area contributed by atoms with Crippen LogP contribution >= 0.6 is 11.3 Å². The molecule has 0 amide bonds. The van der Waals surface area contributed by atoms with Gasteiger partial charge in [0.2, 0.25) is 10.0 Å². The maximum absolute atomic E-state index is 11.3. The Bertz CT molecular complexity index is 414. The summed E-state index contributed by atoms with van der Waals surface area (Å²) in [5.74, 6) is 0.102. The summed E-state index contributed by atoms with van der Waals surface area (Å²) < 4.78 is 25.0. The number of nitrogens with zero attached hydrogens (tertiary/aromatic N) is 1. The number of hydrogen-bond acceptors (Lipinski definition) is 5. The van der Waals surface area contributed by atoms with Crippen LogP contribution in [0.1, 0.15) is 17.6 Å². The summed E-state index contributed by atoms with van der Waals surface area (Å²) in [5.41, 5.74) is 1.00. The second-order valence-corrected chi connectivity index (χ2v) is 6.25. The SMILES string of the molecule is CCNS(=O)(=O)CCNCc1nc(C)cs1. The highest BCUT2D eigenvalue weighted by molar-refractivity contribution is 7.89. The van der Waals surface area contributed by atoms with Gasteiger partial charge in [0.1, 0.15) is 5.01 Å². The number of thiazole rings is 1. The molecular weight excluding hydrogens is 246 g/mol. The van der Waals surface area contributed by atoms with Crippen molar-refractivity contribution in [3.05, 3.63) is 16.1 Å². The Labute approximate surface area is 100 Å². The summed E-state index contributed by atoms with van der Waals surface area (Å²) >= 11 is 1.58. The van der Waals surface area contributed by atoms with Crippen LogP contribution in [0, 0.1) is 6.92 Å². The van der Waals surface area contributed by atoms with Crippen LogP contribution < -0.4 is 10.0 Å². The smallest absolute Gasteiger partial charge is 0.212 e. The Kier molecular flexibility index (Phi) is 5.33. The van der Waals surface area contributed by atoms with E-state index in [-0.39, 0.29) is 5.75 Å². The maximum Gasteiger partial charge on any atom is 0.212 e. The molecular formula is C9H17N3O2S2. The first kappa shape index (κ1) is 13.6. The molecule has 0 spiro atoms. The Hall–Kier alpha value is -0.500. The second kappa shape index (κ2) is 6.29. The van der Waals surface area contributed by atoms with E-state index in [1.807, 2.05) is 12.3 Å². The van der Waals surface area contributed by atoms with Crippen molar-refractivity contribution in [1.29, 1.82) is 0 Å². The summed E-state index contributed by atoms with van der Waals surface area (Å²) in [6.07, 6.45) is 0. The molecule has 0 aliphatic heterocycles. The maximum atomic E-state index is 11.3. The van der Waals surface area contributed by atoms with Crippen molar-refractivity contribution in [2.75, 3.05) is 18.8 Å². The van der Waals surface area contributed by atoms with Gasteiger partial charge in [-0.2, -0.15) is 0 Å². The van der Waals surface area contributed by atoms with Crippen LogP contribution in [0.5, 0.6) is 0 Å². The van der Waals surface area contributed by atoms with E-state index in [4.69, 9.17) is 0 Å². The molecule has 0 aliphatic rings. The molecule has 1 heterocycles. The molecule has 0 radical (unpaired) electrons. The van der Waals surface area contributed by atoms with Crippen molar-refractivity contribution in [2.24, 2.45) is 0 Å². The van der Waals surface area contributed by atoms with Gasteiger partial charge in [0.25, 0.3) is 0 Å². The fourth-order valence-corrected chi connectivity index (χ4v) is 2.92. The molecule has 92 valence electrons. The zero-order valence-electron chi connectivity index (χ0n) is 9.49. The predicted octanol–water partition coefficient (Wildman–Crippen LogP) is 0.480. The monoisotopic (exact) mass is 263 g/mol. The molecule has 5 nitrogen and oxygen atoms in total. The first-order chi connectivity index (χ1) is 7.53. The molecule has 0 unspecified atom stereocenters. The topological polar surface area (TPSA) is 71.1 Å². The minimum Gasteiger partial charge on any atom is -0.309 e. The van der Waals surface area contributed by atoms with Crippen LogP contribution in [0.3, 0.4) is 0 Å².